The molecule has 1 saturated heterocycles. The van der Waals surface area contributed by atoms with Crippen molar-refractivity contribution in [3.8, 4) is 0 Å². The number of amides is 3. The zero-order valence-corrected chi connectivity index (χ0v) is 10.7. The van der Waals surface area contributed by atoms with E-state index in [1.807, 2.05) is 0 Å². The molecule has 1 fully saturated rings. The molecule has 0 radical (unpaired) electrons. The number of ether oxygens (including phenoxy) is 1. The summed E-state index contributed by atoms with van der Waals surface area (Å²) in [4.78, 5) is 38.1. The van der Waals surface area contributed by atoms with Crippen molar-refractivity contribution in [1.29, 1.82) is 0 Å². The van der Waals surface area contributed by atoms with Crippen LogP contribution in [0.3, 0.4) is 0 Å². The molecule has 6 heteroatoms. The Morgan fingerprint density at radius 1 is 1.26 bits per heavy atom. The highest BCUT2D eigenvalue weighted by Crippen LogP contribution is 2.24. The lowest BCUT2D eigenvalue weighted by atomic mass is 10.2. The van der Waals surface area contributed by atoms with Crippen molar-refractivity contribution < 1.29 is 19.1 Å². The Balaban J connectivity index is 2.32. The van der Waals surface area contributed by atoms with Gasteiger partial charge in [-0.3, -0.25) is 4.79 Å². The van der Waals surface area contributed by atoms with Crippen LogP contribution in [0, 0.1) is 0 Å². The molecule has 6 nitrogen and oxygen atoms in total. The number of rotatable bonds is 3. The van der Waals surface area contributed by atoms with Gasteiger partial charge < -0.3 is 9.64 Å². The second-order valence-electron chi connectivity index (χ2n) is 4.06. The number of urea groups is 1. The first-order valence-electron chi connectivity index (χ1n) is 5.90. The lowest BCUT2D eigenvalue weighted by molar-refractivity contribution is -0.149. The van der Waals surface area contributed by atoms with E-state index < -0.39 is 23.9 Å². The maximum absolute atomic E-state index is 12.2. The van der Waals surface area contributed by atoms with Gasteiger partial charge in [0.2, 0.25) is 6.04 Å². The predicted molar refractivity (Wildman–Crippen MR) is 67.5 cm³/mol. The van der Waals surface area contributed by atoms with Crippen LogP contribution < -0.4 is 4.90 Å². The molecule has 1 aliphatic rings. The Kier molecular flexibility index (Phi) is 3.50. The van der Waals surface area contributed by atoms with Crippen molar-refractivity contribution in [3.05, 3.63) is 30.3 Å². The normalized spacial score (nSPS) is 18.9. The zero-order valence-electron chi connectivity index (χ0n) is 10.7. The Morgan fingerprint density at radius 2 is 1.89 bits per heavy atom. The fourth-order valence-corrected chi connectivity index (χ4v) is 1.95. The van der Waals surface area contributed by atoms with Gasteiger partial charge in [0.1, 0.15) is 0 Å². The molecule has 0 saturated carbocycles. The van der Waals surface area contributed by atoms with Gasteiger partial charge >= 0.3 is 12.0 Å². The summed E-state index contributed by atoms with van der Waals surface area (Å²) >= 11 is 0. The summed E-state index contributed by atoms with van der Waals surface area (Å²) in [7, 11) is 1.41. The van der Waals surface area contributed by atoms with Gasteiger partial charge in [-0.05, 0) is 19.1 Å². The summed E-state index contributed by atoms with van der Waals surface area (Å²) in [5, 5.41) is 0. The molecule has 100 valence electrons. The van der Waals surface area contributed by atoms with Crippen molar-refractivity contribution in [2.24, 2.45) is 0 Å². The van der Waals surface area contributed by atoms with Gasteiger partial charge in [-0.2, -0.15) is 0 Å². The number of hydrogen-bond acceptors (Lipinski definition) is 4. The maximum atomic E-state index is 12.2. The van der Waals surface area contributed by atoms with Gasteiger partial charge in [0, 0.05) is 7.05 Å². The molecule has 1 aromatic carbocycles. The molecule has 0 spiro atoms. The van der Waals surface area contributed by atoms with Crippen molar-refractivity contribution >= 4 is 23.6 Å². The summed E-state index contributed by atoms with van der Waals surface area (Å²) in [6.07, 6.45) is 0. The molecule has 2 rings (SSSR count). The molecule has 0 aliphatic carbocycles. The van der Waals surface area contributed by atoms with Crippen LogP contribution in [0.15, 0.2) is 30.3 Å². The first-order chi connectivity index (χ1) is 9.07. The standard InChI is InChI=1S/C13H14N2O4/c1-3-19-12(17)10-11(16)15(13(18)14(10)2)9-7-5-4-6-8-9/h4-8,10H,3H2,1-2H3. The fraction of sp³-hybridized carbons (Fsp3) is 0.308. The van der Waals surface area contributed by atoms with Gasteiger partial charge in [0.05, 0.1) is 12.3 Å². The zero-order chi connectivity index (χ0) is 14.0. The number of carbonyl (C=O) groups excluding carboxylic acids is 3. The highest BCUT2D eigenvalue weighted by molar-refractivity contribution is 6.27. The minimum absolute atomic E-state index is 0.163. The quantitative estimate of drug-likeness (QED) is 0.463. The van der Waals surface area contributed by atoms with E-state index in [-0.39, 0.29) is 6.61 Å². The van der Waals surface area contributed by atoms with Gasteiger partial charge in [-0.25, -0.2) is 14.5 Å². The molecule has 0 bridgehead atoms. The van der Waals surface area contributed by atoms with E-state index in [2.05, 4.69) is 0 Å². The Labute approximate surface area is 110 Å². The summed E-state index contributed by atoms with van der Waals surface area (Å²) in [6, 6.07) is 6.75. The molecule has 3 amide bonds. The van der Waals surface area contributed by atoms with Crippen LogP contribution in [0.1, 0.15) is 6.92 Å². The number of carbonyl (C=O) groups is 3. The summed E-state index contributed by atoms with van der Waals surface area (Å²) < 4.78 is 4.82. The van der Waals surface area contributed by atoms with E-state index in [0.29, 0.717) is 5.69 Å². The Morgan fingerprint density at radius 3 is 2.47 bits per heavy atom. The van der Waals surface area contributed by atoms with Crippen molar-refractivity contribution in [2.45, 2.75) is 13.0 Å². The fourth-order valence-electron chi connectivity index (χ4n) is 1.95. The molecule has 0 N–H and O–H groups in total. The largest absolute Gasteiger partial charge is 0.464 e. The van der Waals surface area contributed by atoms with Crippen LogP contribution in [0.2, 0.25) is 0 Å². The van der Waals surface area contributed by atoms with Crippen molar-refractivity contribution in [2.75, 3.05) is 18.6 Å². The lowest BCUT2D eigenvalue weighted by Gasteiger charge is -2.14. The smallest absolute Gasteiger partial charge is 0.338 e. The summed E-state index contributed by atoms with van der Waals surface area (Å²) in [5.41, 5.74) is 0.441. The minimum atomic E-state index is -1.20. The van der Waals surface area contributed by atoms with Crippen LogP contribution in [-0.2, 0) is 14.3 Å². The van der Waals surface area contributed by atoms with E-state index >= 15 is 0 Å². The molecular weight excluding hydrogens is 248 g/mol. The second kappa shape index (κ2) is 5.09. The van der Waals surface area contributed by atoms with Crippen molar-refractivity contribution in [1.82, 2.24) is 4.90 Å². The molecule has 1 aromatic rings. The van der Waals surface area contributed by atoms with Gasteiger partial charge in [-0.1, -0.05) is 18.2 Å². The summed E-state index contributed by atoms with van der Waals surface area (Å²) in [5.74, 6) is -1.29. The molecule has 1 atom stereocenters. The van der Waals surface area contributed by atoms with E-state index in [0.717, 1.165) is 9.80 Å². The Hall–Kier alpha value is -2.37. The minimum Gasteiger partial charge on any atom is -0.464 e. The number of benzene rings is 1. The third kappa shape index (κ3) is 2.16. The predicted octanol–water partition coefficient (Wildman–Crippen LogP) is 1.02. The molecular formula is C13H14N2O4. The second-order valence-corrected chi connectivity index (χ2v) is 4.06. The lowest BCUT2D eigenvalue weighted by Crippen LogP contribution is -2.40. The number of para-hydroxylation sites is 1. The third-order valence-corrected chi connectivity index (χ3v) is 2.86. The van der Waals surface area contributed by atoms with Gasteiger partial charge in [0.25, 0.3) is 5.91 Å². The number of nitrogens with zero attached hydrogens (tertiary/aromatic N) is 2. The highest BCUT2D eigenvalue weighted by Gasteiger charge is 2.48. The molecule has 1 unspecified atom stereocenters. The van der Waals surface area contributed by atoms with Crippen LogP contribution >= 0.6 is 0 Å². The number of likely N-dealkylation sites (N-methyl/N-ethyl adjacent to an activating group) is 1. The highest BCUT2D eigenvalue weighted by atomic mass is 16.5. The van der Waals surface area contributed by atoms with Crippen LogP contribution in [0.5, 0.6) is 0 Å². The van der Waals surface area contributed by atoms with E-state index in [1.165, 1.54) is 7.05 Å². The number of hydrogen-bond donors (Lipinski definition) is 0. The molecule has 1 heterocycles. The average Bonchev–Trinajstić information content (AvgIpc) is 2.62. The van der Waals surface area contributed by atoms with Crippen molar-refractivity contribution in [3.63, 3.8) is 0 Å². The van der Waals surface area contributed by atoms with Gasteiger partial charge in [-0.15, -0.1) is 0 Å². The first kappa shape index (κ1) is 13.1. The number of imide groups is 1. The number of anilines is 1. The maximum Gasteiger partial charge on any atom is 0.338 e. The topological polar surface area (TPSA) is 66.9 Å². The third-order valence-electron chi connectivity index (χ3n) is 2.86. The average molecular weight is 262 g/mol. The van der Waals surface area contributed by atoms with Crippen LogP contribution in [-0.4, -0.2) is 42.5 Å². The Bertz CT molecular complexity index is 515. The van der Waals surface area contributed by atoms with E-state index in [4.69, 9.17) is 4.74 Å². The molecule has 1 aliphatic heterocycles. The molecule has 0 aromatic heterocycles. The van der Waals surface area contributed by atoms with Crippen LogP contribution in [0.25, 0.3) is 0 Å². The van der Waals surface area contributed by atoms with Gasteiger partial charge in [0.15, 0.2) is 0 Å². The number of esters is 1. The summed E-state index contributed by atoms with van der Waals surface area (Å²) in [6.45, 7) is 1.81. The monoisotopic (exact) mass is 262 g/mol. The SMILES string of the molecule is CCOC(=O)C1C(=O)N(c2ccccc2)C(=O)N1C. The van der Waals surface area contributed by atoms with E-state index in [1.54, 1.807) is 37.3 Å². The van der Waals surface area contributed by atoms with E-state index in [9.17, 15) is 14.4 Å². The molecule has 19 heavy (non-hydrogen) atoms. The first-order valence-corrected chi connectivity index (χ1v) is 5.90. The van der Waals surface area contributed by atoms with Crippen LogP contribution in [0.4, 0.5) is 10.5 Å².